The number of hydrogen-bond acceptors (Lipinski definition) is 4. The fraction of sp³-hybridized carbons (Fsp3) is 0.438. The Morgan fingerprint density at radius 1 is 1.19 bits per heavy atom. The topological polar surface area (TPSA) is 41.9 Å². The molecule has 0 aliphatic carbocycles. The molecule has 0 radical (unpaired) electrons. The Balaban J connectivity index is 2.36. The minimum Gasteiger partial charge on any atom is -0.353 e. The third kappa shape index (κ3) is 3.70. The molecular formula is C16H21ClN4. The van der Waals surface area contributed by atoms with Crippen LogP contribution < -0.4 is 4.90 Å². The summed E-state index contributed by atoms with van der Waals surface area (Å²) in [7, 11) is 1.99. The van der Waals surface area contributed by atoms with E-state index >= 15 is 0 Å². The Hall–Kier alpha value is -1.68. The molecule has 2 aromatic rings. The number of rotatable bonds is 3. The maximum atomic E-state index is 6.28. The van der Waals surface area contributed by atoms with Crippen LogP contribution in [0.25, 0.3) is 0 Å². The van der Waals surface area contributed by atoms with Crippen molar-refractivity contribution in [1.82, 2.24) is 15.0 Å². The molecule has 4 nitrogen and oxygen atoms in total. The number of pyridine rings is 1. The molecule has 2 rings (SSSR count). The zero-order chi connectivity index (χ0) is 15.6. The molecule has 0 bridgehead atoms. The monoisotopic (exact) mass is 304 g/mol. The second-order valence-corrected chi connectivity index (χ2v) is 6.57. The first-order valence-electron chi connectivity index (χ1n) is 6.94. The van der Waals surface area contributed by atoms with Gasteiger partial charge in [-0.05, 0) is 19.1 Å². The number of halogens is 1. The van der Waals surface area contributed by atoms with E-state index in [2.05, 4.69) is 35.6 Å². The van der Waals surface area contributed by atoms with Crippen LogP contribution in [0.2, 0.25) is 5.15 Å². The molecule has 0 aromatic carbocycles. The van der Waals surface area contributed by atoms with Crippen molar-refractivity contribution in [2.24, 2.45) is 0 Å². The van der Waals surface area contributed by atoms with Crippen LogP contribution in [0.5, 0.6) is 0 Å². The van der Waals surface area contributed by atoms with E-state index in [1.165, 1.54) is 0 Å². The number of nitrogens with zero attached hydrogens (tertiary/aromatic N) is 4. The summed E-state index contributed by atoms with van der Waals surface area (Å²) >= 11 is 6.28. The largest absolute Gasteiger partial charge is 0.353 e. The van der Waals surface area contributed by atoms with E-state index in [4.69, 9.17) is 16.6 Å². The SMILES string of the molecule is Cc1c(Cl)nc(C(C)(C)C)nc1N(C)Cc1ccccn1. The summed E-state index contributed by atoms with van der Waals surface area (Å²) in [6.07, 6.45) is 1.80. The Morgan fingerprint density at radius 2 is 1.90 bits per heavy atom. The summed E-state index contributed by atoms with van der Waals surface area (Å²) in [6, 6.07) is 5.89. The molecule has 0 unspecified atom stereocenters. The Bertz CT molecular complexity index is 620. The lowest BCUT2D eigenvalue weighted by molar-refractivity contribution is 0.543. The second-order valence-electron chi connectivity index (χ2n) is 6.21. The van der Waals surface area contributed by atoms with Gasteiger partial charge in [0.2, 0.25) is 0 Å². The van der Waals surface area contributed by atoms with Gasteiger partial charge < -0.3 is 4.90 Å². The van der Waals surface area contributed by atoms with E-state index < -0.39 is 0 Å². The molecule has 0 N–H and O–H groups in total. The van der Waals surface area contributed by atoms with Crippen molar-refractivity contribution in [3.63, 3.8) is 0 Å². The highest BCUT2D eigenvalue weighted by atomic mass is 35.5. The average molecular weight is 305 g/mol. The summed E-state index contributed by atoms with van der Waals surface area (Å²) in [5.74, 6) is 1.60. The summed E-state index contributed by atoms with van der Waals surface area (Å²) in [4.78, 5) is 15.5. The van der Waals surface area contributed by atoms with Crippen molar-refractivity contribution in [1.29, 1.82) is 0 Å². The fourth-order valence-electron chi connectivity index (χ4n) is 1.99. The molecule has 0 saturated heterocycles. The van der Waals surface area contributed by atoms with Gasteiger partial charge in [0.1, 0.15) is 16.8 Å². The van der Waals surface area contributed by atoms with Crippen LogP contribution >= 0.6 is 11.6 Å². The first-order valence-corrected chi connectivity index (χ1v) is 7.32. The summed E-state index contributed by atoms with van der Waals surface area (Å²) < 4.78 is 0. The summed E-state index contributed by atoms with van der Waals surface area (Å²) in [6.45, 7) is 8.86. The van der Waals surface area contributed by atoms with Crippen molar-refractivity contribution in [2.45, 2.75) is 39.7 Å². The molecule has 0 aliphatic heterocycles. The third-order valence-electron chi connectivity index (χ3n) is 3.22. The molecule has 2 aromatic heterocycles. The van der Waals surface area contributed by atoms with Crippen LogP contribution in [0.15, 0.2) is 24.4 Å². The lowest BCUT2D eigenvalue weighted by Gasteiger charge is -2.24. The molecule has 21 heavy (non-hydrogen) atoms. The van der Waals surface area contributed by atoms with E-state index in [0.717, 1.165) is 22.9 Å². The maximum Gasteiger partial charge on any atom is 0.137 e. The molecule has 0 atom stereocenters. The predicted octanol–water partition coefficient (Wildman–Crippen LogP) is 3.77. The highest BCUT2D eigenvalue weighted by molar-refractivity contribution is 6.30. The highest BCUT2D eigenvalue weighted by Gasteiger charge is 2.22. The van der Waals surface area contributed by atoms with Crippen molar-refractivity contribution in [3.05, 3.63) is 46.6 Å². The van der Waals surface area contributed by atoms with Gasteiger partial charge >= 0.3 is 0 Å². The lowest BCUT2D eigenvalue weighted by atomic mass is 9.95. The minimum absolute atomic E-state index is 0.141. The number of anilines is 1. The Labute approximate surface area is 131 Å². The van der Waals surface area contributed by atoms with Crippen LogP contribution in [-0.4, -0.2) is 22.0 Å². The Kier molecular flexibility index (Phi) is 4.47. The Morgan fingerprint density at radius 3 is 2.48 bits per heavy atom. The van der Waals surface area contributed by atoms with E-state index in [9.17, 15) is 0 Å². The van der Waals surface area contributed by atoms with Gasteiger partial charge in [-0.25, -0.2) is 9.97 Å². The zero-order valence-electron chi connectivity index (χ0n) is 13.2. The first kappa shape index (κ1) is 15.7. The molecule has 5 heteroatoms. The van der Waals surface area contributed by atoms with Gasteiger partial charge in [0, 0.05) is 24.2 Å². The number of aromatic nitrogens is 3. The fourth-order valence-corrected chi connectivity index (χ4v) is 2.16. The lowest BCUT2D eigenvalue weighted by Crippen LogP contribution is -2.24. The van der Waals surface area contributed by atoms with Crippen LogP contribution in [0.1, 0.15) is 37.9 Å². The van der Waals surface area contributed by atoms with Gasteiger partial charge in [-0.1, -0.05) is 38.4 Å². The van der Waals surface area contributed by atoms with Crippen LogP contribution in [0.4, 0.5) is 5.82 Å². The standard InChI is InChI=1S/C16H21ClN4/c1-11-13(17)19-15(16(2,3)4)20-14(11)21(5)10-12-8-6-7-9-18-12/h6-9H,10H2,1-5H3. The quantitative estimate of drug-likeness (QED) is 0.810. The van der Waals surface area contributed by atoms with Gasteiger partial charge in [-0.3, -0.25) is 4.98 Å². The van der Waals surface area contributed by atoms with Crippen LogP contribution in [0.3, 0.4) is 0 Å². The molecular weight excluding hydrogens is 284 g/mol. The molecule has 0 spiro atoms. The first-order chi connectivity index (χ1) is 9.79. The zero-order valence-corrected chi connectivity index (χ0v) is 13.9. The van der Waals surface area contributed by atoms with Gasteiger partial charge in [-0.15, -0.1) is 0 Å². The van der Waals surface area contributed by atoms with E-state index in [1.54, 1.807) is 6.20 Å². The van der Waals surface area contributed by atoms with Crippen LogP contribution in [-0.2, 0) is 12.0 Å². The summed E-state index contributed by atoms with van der Waals surface area (Å²) in [5, 5.41) is 0.512. The van der Waals surface area contributed by atoms with Gasteiger partial charge in [-0.2, -0.15) is 0 Å². The number of hydrogen-bond donors (Lipinski definition) is 0. The molecule has 0 amide bonds. The predicted molar refractivity (Wildman–Crippen MR) is 86.8 cm³/mol. The maximum absolute atomic E-state index is 6.28. The van der Waals surface area contributed by atoms with Gasteiger partial charge in [0.15, 0.2) is 0 Å². The van der Waals surface area contributed by atoms with Crippen molar-refractivity contribution in [3.8, 4) is 0 Å². The van der Waals surface area contributed by atoms with E-state index in [0.29, 0.717) is 11.7 Å². The van der Waals surface area contributed by atoms with Crippen molar-refractivity contribution in [2.75, 3.05) is 11.9 Å². The molecule has 0 aliphatic rings. The molecule has 0 saturated carbocycles. The highest BCUT2D eigenvalue weighted by Crippen LogP contribution is 2.28. The molecule has 0 fully saturated rings. The second kappa shape index (κ2) is 5.98. The van der Waals surface area contributed by atoms with Gasteiger partial charge in [0.25, 0.3) is 0 Å². The van der Waals surface area contributed by atoms with E-state index in [1.807, 2.05) is 32.2 Å². The van der Waals surface area contributed by atoms with Gasteiger partial charge in [0.05, 0.1) is 12.2 Å². The average Bonchev–Trinajstić information content (AvgIpc) is 2.41. The van der Waals surface area contributed by atoms with Crippen molar-refractivity contribution < 1.29 is 0 Å². The van der Waals surface area contributed by atoms with E-state index in [-0.39, 0.29) is 5.41 Å². The molecule has 2 heterocycles. The smallest absolute Gasteiger partial charge is 0.137 e. The third-order valence-corrected chi connectivity index (χ3v) is 3.59. The van der Waals surface area contributed by atoms with Crippen LogP contribution in [0, 0.1) is 6.92 Å². The summed E-state index contributed by atoms with van der Waals surface area (Å²) in [5.41, 5.74) is 1.74. The molecule has 112 valence electrons. The van der Waals surface area contributed by atoms with Crippen molar-refractivity contribution >= 4 is 17.4 Å². The minimum atomic E-state index is -0.141. The normalized spacial score (nSPS) is 11.5.